The first-order valence-electron chi connectivity index (χ1n) is 12.8. The number of benzene rings is 1. The van der Waals surface area contributed by atoms with E-state index >= 15 is 0 Å². The summed E-state index contributed by atoms with van der Waals surface area (Å²) in [6, 6.07) is 8.10. The molecule has 13 heteroatoms. The van der Waals surface area contributed by atoms with Crippen molar-refractivity contribution in [2.24, 2.45) is 0 Å². The van der Waals surface area contributed by atoms with Crippen molar-refractivity contribution in [3.05, 3.63) is 47.1 Å². The number of amides is 2. The van der Waals surface area contributed by atoms with Gasteiger partial charge in [0.25, 0.3) is 0 Å². The third-order valence-corrected chi connectivity index (χ3v) is 10.8. The Hall–Kier alpha value is -3.13. The molecule has 2 aliphatic rings. The van der Waals surface area contributed by atoms with Crippen LogP contribution in [0.15, 0.2) is 40.1 Å². The maximum absolute atomic E-state index is 13.8. The molecule has 3 aromatic rings. The summed E-state index contributed by atoms with van der Waals surface area (Å²) in [5, 5.41) is 16.2. The highest BCUT2D eigenvalue weighted by Gasteiger charge is 2.59. The fourth-order valence-corrected chi connectivity index (χ4v) is 7.82. The Morgan fingerprint density at radius 1 is 1.26 bits per heavy atom. The zero-order chi connectivity index (χ0) is 27.8. The van der Waals surface area contributed by atoms with E-state index in [0.717, 1.165) is 11.3 Å². The van der Waals surface area contributed by atoms with Crippen molar-refractivity contribution >= 4 is 38.7 Å². The van der Waals surface area contributed by atoms with Crippen molar-refractivity contribution in [2.75, 3.05) is 36.6 Å². The lowest BCUT2D eigenvalue weighted by Crippen LogP contribution is -2.44. The number of morpholine rings is 1. The molecule has 208 valence electrons. The van der Waals surface area contributed by atoms with Crippen LogP contribution in [-0.2, 0) is 19.3 Å². The number of aryl methyl sites for hydroxylation is 1. The van der Waals surface area contributed by atoms with Gasteiger partial charge in [0.15, 0.2) is 5.82 Å². The van der Waals surface area contributed by atoms with Gasteiger partial charge in [-0.05, 0) is 57.9 Å². The van der Waals surface area contributed by atoms with Gasteiger partial charge in [-0.25, -0.2) is 28.2 Å². The molecule has 1 saturated carbocycles. The molecule has 0 bridgehead atoms. The number of hydrogen-bond acceptors (Lipinski definition) is 10. The Balaban J connectivity index is 1.51. The van der Waals surface area contributed by atoms with Crippen molar-refractivity contribution in [3.63, 3.8) is 0 Å². The van der Waals surface area contributed by atoms with Crippen LogP contribution in [0.4, 0.5) is 16.3 Å². The SMILES string of the molecule is Cc1csc(S(=O)(=O)C2(c3cc(N4CCOC[C@@H]4C)nc(-c4ccc(NC(=O)N[C@@H](C)CO)cc4)n3)CC2)n1. The smallest absolute Gasteiger partial charge is 0.319 e. The lowest BCUT2D eigenvalue weighted by atomic mass is 10.1. The van der Waals surface area contributed by atoms with E-state index in [1.807, 2.05) is 6.92 Å². The number of nitrogens with one attached hydrogen (secondary N) is 2. The first-order valence-corrected chi connectivity index (χ1v) is 15.2. The molecule has 2 aromatic heterocycles. The van der Waals surface area contributed by atoms with Gasteiger partial charge in [-0.1, -0.05) is 0 Å². The number of urea groups is 1. The number of ether oxygens (including phenoxy) is 1. The number of carbonyl (C=O) groups is 1. The van der Waals surface area contributed by atoms with Gasteiger partial charge in [-0.3, -0.25) is 0 Å². The lowest BCUT2D eigenvalue weighted by molar-refractivity contribution is 0.0985. The van der Waals surface area contributed by atoms with Gasteiger partial charge >= 0.3 is 6.03 Å². The number of aromatic nitrogens is 3. The number of rotatable bonds is 8. The summed E-state index contributed by atoms with van der Waals surface area (Å²) in [7, 11) is -3.75. The molecule has 5 rings (SSSR count). The van der Waals surface area contributed by atoms with Crippen molar-refractivity contribution < 1.29 is 23.1 Å². The van der Waals surface area contributed by atoms with E-state index < -0.39 is 20.6 Å². The Morgan fingerprint density at radius 2 is 2.00 bits per heavy atom. The minimum atomic E-state index is -3.75. The zero-order valence-electron chi connectivity index (χ0n) is 22.0. The lowest BCUT2D eigenvalue weighted by Gasteiger charge is -2.34. The molecule has 1 aliphatic carbocycles. The predicted molar refractivity (Wildman–Crippen MR) is 149 cm³/mol. The first-order chi connectivity index (χ1) is 18.6. The van der Waals surface area contributed by atoms with Gasteiger partial charge in [0.1, 0.15) is 10.6 Å². The normalized spacial score (nSPS) is 19.4. The second-order valence-corrected chi connectivity index (χ2v) is 13.4. The Labute approximate surface area is 231 Å². The number of anilines is 2. The van der Waals surface area contributed by atoms with Crippen LogP contribution in [-0.4, -0.2) is 73.0 Å². The van der Waals surface area contributed by atoms with Gasteiger partial charge in [-0.2, -0.15) is 0 Å². The maximum Gasteiger partial charge on any atom is 0.319 e. The molecule has 11 nitrogen and oxygen atoms in total. The molecule has 39 heavy (non-hydrogen) atoms. The quantitative estimate of drug-likeness (QED) is 0.370. The van der Waals surface area contributed by atoms with Gasteiger partial charge < -0.3 is 25.4 Å². The molecule has 1 saturated heterocycles. The molecule has 2 atom stereocenters. The van der Waals surface area contributed by atoms with Crippen LogP contribution in [0.3, 0.4) is 0 Å². The predicted octanol–water partition coefficient (Wildman–Crippen LogP) is 3.10. The molecule has 0 spiro atoms. The second-order valence-electron chi connectivity index (χ2n) is 10.1. The molecule has 0 unspecified atom stereocenters. The molecule has 3 N–H and O–H groups in total. The number of carbonyl (C=O) groups excluding carboxylic acids is 1. The van der Waals surface area contributed by atoms with Crippen molar-refractivity contribution in [3.8, 4) is 11.4 Å². The Kier molecular flexibility index (Phi) is 7.60. The van der Waals surface area contributed by atoms with E-state index in [1.54, 1.807) is 49.6 Å². The van der Waals surface area contributed by atoms with Crippen LogP contribution >= 0.6 is 11.3 Å². The summed E-state index contributed by atoms with van der Waals surface area (Å²) in [5.74, 6) is 1.06. The number of aliphatic hydroxyl groups is 1. The highest BCUT2D eigenvalue weighted by Crippen LogP contribution is 2.55. The second kappa shape index (κ2) is 10.8. The summed E-state index contributed by atoms with van der Waals surface area (Å²) in [6.07, 6.45) is 0.930. The fraction of sp³-hybridized carbons (Fsp3) is 0.462. The molecule has 2 fully saturated rings. The zero-order valence-corrected chi connectivity index (χ0v) is 23.7. The number of nitrogens with zero attached hydrogens (tertiary/aromatic N) is 4. The summed E-state index contributed by atoms with van der Waals surface area (Å²) >= 11 is 1.14. The molecule has 1 aliphatic heterocycles. The van der Waals surface area contributed by atoms with Gasteiger partial charge in [0, 0.05) is 34.9 Å². The maximum atomic E-state index is 13.8. The van der Waals surface area contributed by atoms with Crippen molar-refractivity contribution in [1.29, 1.82) is 0 Å². The molecule has 2 amide bonds. The Morgan fingerprint density at radius 3 is 2.62 bits per heavy atom. The minimum Gasteiger partial charge on any atom is -0.394 e. The Bertz CT molecular complexity index is 1460. The number of aliphatic hydroxyl groups excluding tert-OH is 1. The molecule has 1 aromatic carbocycles. The van der Waals surface area contributed by atoms with Crippen molar-refractivity contribution in [1.82, 2.24) is 20.3 Å². The standard InChI is InChI=1S/C26H32N6O5S2/c1-16(13-33)27-24(34)29-20-6-4-19(5-7-20)23-30-21(12-22(31-23)32-10-11-37-14-18(32)3)26(8-9-26)39(35,36)25-28-17(2)15-38-25/h4-7,12,15-16,18,33H,8-11,13-14H2,1-3H3,(H2,27,29,34)/t16-,18-/m0/s1. The highest BCUT2D eigenvalue weighted by molar-refractivity contribution is 7.94. The van der Waals surface area contributed by atoms with E-state index in [4.69, 9.17) is 19.8 Å². The van der Waals surface area contributed by atoms with E-state index in [1.165, 1.54) is 0 Å². The summed E-state index contributed by atoms with van der Waals surface area (Å²) < 4.78 is 32.1. The number of hydrogen-bond donors (Lipinski definition) is 3. The molecular formula is C26H32N6O5S2. The molecular weight excluding hydrogens is 540 g/mol. The first kappa shape index (κ1) is 27.4. The van der Waals surface area contributed by atoms with E-state index in [-0.39, 0.29) is 23.0 Å². The van der Waals surface area contributed by atoms with E-state index in [0.29, 0.717) is 66.9 Å². The van der Waals surface area contributed by atoms with E-state index in [2.05, 4.69) is 20.5 Å². The summed E-state index contributed by atoms with van der Waals surface area (Å²) in [5.41, 5.74) is 2.38. The van der Waals surface area contributed by atoms with Gasteiger partial charge in [0.2, 0.25) is 14.2 Å². The van der Waals surface area contributed by atoms with Crippen LogP contribution in [0.1, 0.15) is 38.1 Å². The van der Waals surface area contributed by atoms with Crippen LogP contribution in [0.25, 0.3) is 11.4 Å². The largest absolute Gasteiger partial charge is 0.394 e. The topological polar surface area (TPSA) is 147 Å². The van der Waals surface area contributed by atoms with Gasteiger partial charge in [0.05, 0.1) is 37.6 Å². The van der Waals surface area contributed by atoms with Crippen LogP contribution in [0.5, 0.6) is 0 Å². The third kappa shape index (κ3) is 5.49. The highest BCUT2D eigenvalue weighted by atomic mass is 32.2. The molecule has 3 heterocycles. The summed E-state index contributed by atoms with van der Waals surface area (Å²) in [4.78, 5) is 28.2. The minimum absolute atomic E-state index is 0.0640. The molecule has 0 radical (unpaired) electrons. The van der Waals surface area contributed by atoms with Crippen LogP contribution in [0.2, 0.25) is 0 Å². The van der Waals surface area contributed by atoms with Crippen LogP contribution < -0.4 is 15.5 Å². The van der Waals surface area contributed by atoms with Crippen molar-refractivity contribution in [2.45, 2.75) is 54.8 Å². The average Bonchev–Trinajstić information content (AvgIpc) is 3.64. The van der Waals surface area contributed by atoms with Crippen LogP contribution in [0, 0.1) is 6.92 Å². The van der Waals surface area contributed by atoms with Gasteiger partial charge in [-0.15, -0.1) is 11.3 Å². The monoisotopic (exact) mass is 572 g/mol. The fourth-order valence-electron chi connectivity index (χ4n) is 4.55. The van der Waals surface area contributed by atoms with E-state index in [9.17, 15) is 13.2 Å². The third-order valence-electron chi connectivity index (χ3n) is 6.94. The average molecular weight is 573 g/mol. The summed E-state index contributed by atoms with van der Waals surface area (Å²) in [6.45, 7) is 7.10. The number of thiazole rings is 1. The number of sulfone groups is 1.